The zero-order valence-corrected chi connectivity index (χ0v) is 19.9. The molecule has 1 aromatic heterocycles. The zero-order valence-electron chi connectivity index (χ0n) is 19.1. The van der Waals surface area contributed by atoms with Crippen LogP contribution in [0.5, 0.6) is 11.5 Å². The van der Waals surface area contributed by atoms with Crippen molar-refractivity contribution in [2.45, 2.75) is 38.6 Å². The van der Waals surface area contributed by atoms with Crippen LogP contribution in [0.4, 0.5) is 17.6 Å². The molecule has 0 aliphatic rings. The molecule has 0 bridgehead atoms. The van der Waals surface area contributed by atoms with Crippen molar-refractivity contribution < 1.29 is 42.8 Å². The highest BCUT2D eigenvalue weighted by Crippen LogP contribution is 2.40. The minimum atomic E-state index is -3.25. The fraction of sp³-hybridized carbons (Fsp3) is 0.240. The SMILES string of the molecule is C/C=C(\C=C/[NH2+]O)CC(c1ccc(OC(F)F)c(OC(F)F)c1)c1cnc(C(O)c2ccccc2)s1. The van der Waals surface area contributed by atoms with Gasteiger partial charge in [-0.3, -0.25) is 0 Å². The second-order valence-corrected chi connectivity index (χ2v) is 8.60. The van der Waals surface area contributed by atoms with Crippen molar-refractivity contribution in [1.29, 1.82) is 0 Å². The van der Waals surface area contributed by atoms with E-state index in [9.17, 15) is 22.7 Å². The molecule has 0 fully saturated rings. The number of aliphatic hydroxyl groups excluding tert-OH is 1. The van der Waals surface area contributed by atoms with Crippen LogP contribution in [0.1, 0.15) is 46.4 Å². The maximum atomic E-state index is 13.0. The number of alkyl halides is 4. The van der Waals surface area contributed by atoms with Crippen molar-refractivity contribution in [2.24, 2.45) is 0 Å². The average molecular weight is 526 g/mol. The van der Waals surface area contributed by atoms with Gasteiger partial charge in [-0.2, -0.15) is 23.0 Å². The first-order valence-corrected chi connectivity index (χ1v) is 11.7. The number of quaternary nitrogens is 1. The lowest BCUT2D eigenvalue weighted by molar-refractivity contribution is -0.838. The van der Waals surface area contributed by atoms with E-state index in [1.54, 1.807) is 43.5 Å². The normalized spacial score (nSPS) is 14.0. The number of allylic oxidation sites excluding steroid dienone is 3. The van der Waals surface area contributed by atoms with E-state index in [0.717, 1.165) is 17.1 Å². The molecule has 3 aromatic rings. The molecule has 0 radical (unpaired) electrons. The molecule has 2 aromatic carbocycles. The molecule has 4 N–H and O–H groups in total. The zero-order chi connectivity index (χ0) is 26.1. The van der Waals surface area contributed by atoms with Crippen molar-refractivity contribution in [1.82, 2.24) is 4.98 Å². The molecule has 0 aliphatic carbocycles. The van der Waals surface area contributed by atoms with Crippen LogP contribution < -0.4 is 15.0 Å². The number of aliphatic hydroxyl groups is 1. The lowest BCUT2D eigenvalue weighted by atomic mass is 9.90. The molecule has 2 unspecified atom stereocenters. The first kappa shape index (κ1) is 27.3. The smallest absolute Gasteiger partial charge is 0.387 e. The summed E-state index contributed by atoms with van der Waals surface area (Å²) in [5, 5.41) is 20.2. The number of benzene rings is 2. The molecule has 0 saturated heterocycles. The third-order valence-electron chi connectivity index (χ3n) is 5.24. The lowest BCUT2D eigenvalue weighted by Crippen LogP contribution is -2.73. The molecular formula is C25H25F4N2O4S+. The van der Waals surface area contributed by atoms with Gasteiger partial charge in [-0.15, -0.1) is 11.3 Å². The van der Waals surface area contributed by atoms with Crippen LogP contribution >= 0.6 is 11.3 Å². The second kappa shape index (κ2) is 13.2. The number of halogens is 4. The van der Waals surface area contributed by atoms with Gasteiger partial charge in [0.2, 0.25) is 0 Å². The molecule has 0 spiro atoms. The third kappa shape index (κ3) is 7.37. The van der Waals surface area contributed by atoms with Crippen LogP contribution in [0.15, 0.2) is 78.7 Å². The molecule has 11 heteroatoms. The van der Waals surface area contributed by atoms with E-state index in [1.807, 2.05) is 12.1 Å². The fourth-order valence-electron chi connectivity index (χ4n) is 3.56. The molecule has 1 heterocycles. The largest absolute Gasteiger partial charge is 0.431 e. The van der Waals surface area contributed by atoms with Crippen LogP contribution in [0.25, 0.3) is 0 Å². The van der Waals surface area contributed by atoms with Gasteiger partial charge in [0, 0.05) is 17.0 Å². The van der Waals surface area contributed by atoms with Crippen LogP contribution in [-0.2, 0) is 0 Å². The molecule has 2 atom stereocenters. The first-order chi connectivity index (χ1) is 17.3. The van der Waals surface area contributed by atoms with Gasteiger partial charge in [0.1, 0.15) is 17.3 Å². The highest BCUT2D eigenvalue weighted by Gasteiger charge is 2.24. The Bertz CT molecular complexity index is 1170. The summed E-state index contributed by atoms with van der Waals surface area (Å²) < 4.78 is 60.4. The van der Waals surface area contributed by atoms with Crippen molar-refractivity contribution in [3.63, 3.8) is 0 Å². The molecule has 36 heavy (non-hydrogen) atoms. The highest BCUT2D eigenvalue weighted by molar-refractivity contribution is 7.11. The van der Waals surface area contributed by atoms with Gasteiger partial charge in [-0.1, -0.05) is 42.5 Å². The molecule has 6 nitrogen and oxygen atoms in total. The third-order valence-corrected chi connectivity index (χ3v) is 6.41. The van der Waals surface area contributed by atoms with E-state index in [1.165, 1.54) is 29.7 Å². The van der Waals surface area contributed by atoms with E-state index < -0.39 is 36.7 Å². The van der Waals surface area contributed by atoms with Gasteiger partial charge in [0.05, 0.1) is 0 Å². The Morgan fingerprint density at radius 3 is 2.36 bits per heavy atom. The maximum Gasteiger partial charge on any atom is 0.387 e. The number of thiazole rings is 1. The quantitative estimate of drug-likeness (QED) is 0.168. The van der Waals surface area contributed by atoms with Crippen LogP contribution in [0, 0.1) is 0 Å². The maximum absolute atomic E-state index is 13.0. The summed E-state index contributed by atoms with van der Waals surface area (Å²) in [7, 11) is 0. The number of rotatable bonds is 12. The van der Waals surface area contributed by atoms with E-state index >= 15 is 0 Å². The van der Waals surface area contributed by atoms with E-state index in [0.29, 0.717) is 27.4 Å². The van der Waals surface area contributed by atoms with Crippen molar-refractivity contribution >= 4 is 11.3 Å². The van der Waals surface area contributed by atoms with Gasteiger partial charge >= 0.3 is 13.2 Å². The molecule has 0 amide bonds. The Balaban J connectivity index is 2.03. The van der Waals surface area contributed by atoms with E-state index in [4.69, 9.17) is 5.21 Å². The predicted octanol–water partition coefficient (Wildman–Crippen LogP) is 5.36. The van der Waals surface area contributed by atoms with Crippen LogP contribution in [0.3, 0.4) is 0 Å². The van der Waals surface area contributed by atoms with Crippen LogP contribution in [-0.4, -0.2) is 28.5 Å². The number of ether oxygens (including phenoxy) is 2. The summed E-state index contributed by atoms with van der Waals surface area (Å²) in [4.78, 5) is 5.07. The first-order valence-electron chi connectivity index (χ1n) is 10.8. The monoisotopic (exact) mass is 525 g/mol. The number of hydrogen-bond acceptors (Lipinski definition) is 6. The number of hydroxylamine groups is 1. The summed E-state index contributed by atoms with van der Waals surface area (Å²) in [5.41, 5.74) is 2.82. The molecule has 3 rings (SSSR count). The standard InChI is InChI=1S/C25H24F4N2O4S/c1-2-15(10-11-31-33)12-18(17-8-9-19(34-24(26)27)20(13-17)35-25(28)29)21-14-30-23(36-21)22(32)16-6-4-3-5-7-16/h2-11,13-14,18,22,24-25,31-33H,12H2,1H3/p+1/b11-10-,15-2+. The van der Waals surface area contributed by atoms with Crippen LogP contribution in [0.2, 0.25) is 0 Å². The fourth-order valence-corrected chi connectivity index (χ4v) is 4.62. The lowest BCUT2D eigenvalue weighted by Gasteiger charge is -2.19. The van der Waals surface area contributed by atoms with Gasteiger partial charge in [-0.05, 0) is 48.3 Å². The number of nitrogens with two attached hydrogens (primary N) is 1. The number of aromatic nitrogens is 1. The topological polar surface area (TPSA) is 88.4 Å². The second-order valence-electron chi connectivity index (χ2n) is 7.51. The number of nitrogens with zero attached hydrogens (tertiary/aromatic N) is 1. The average Bonchev–Trinajstić information content (AvgIpc) is 3.35. The van der Waals surface area contributed by atoms with Gasteiger partial charge in [0.25, 0.3) is 0 Å². The van der Waals surface area contributed by atoms with Crippen molar-refractivity contribution in [2.75, 3.05) is 0 Å². The summed E-state index contributed by atoms with van der Waals surface area (Å²) in [6.45, 7) is -4.66. The number of hydrogen-bond donors (Lipinski definition) is 3. The van der Waals surface area contributed by atoms with Crippen molar-refractivity contribution in [3.8, 4) is 11.5 Å². The van der Waals surface area contributed by atoms with Gasteiger partial charge in [0.15, 0.2) is 11.5 Å². The molecular weight excluding hydrogens is 500 g/mol. The summed E-state index contributed by atoms with van der Waals surface area (Å²) >= 11 is 1.24. The van der Waals surface area contributed by atoms with E-state index in [2.05, 4.69) is 14.5 Å². The Morgan fingerprint density at radius 2 is 1.72 bits per heavy atom. The molecule has 192 valence electrons. The van der Waals surface area contributed by atoms with Gasteiger partial charge in [-0.25, -0.2) is 10.2 Å². The Hall–Kier alpha value is -3.25. The predicted molar refractivity (Wildman–Crippen MR) is 125 cm³/mol. The molecule has 0 saturated carbocycles. The van der Waals surface area contributed by atoms with Gasteiger partial charge < -0.3 is 14.6 Å². The summed E-state index contributed by atoms with van der Waals surface area (Å²) in [6.07, 6.45) is 5.91. The van der Waals surface area contributed by atoms with E-state index in [-0.39, 0.29) is 0 Å². The Morgan fingerprint density at radius 1 is 1.03 bits per heavy atom. The minimum absolute atomic E-state index is 0.354. The van der Waals surface area contributed by atoms with Crippen molar-refractivity contribution in [3.05, 3.63) is 99.7 Å². The summed E-state index contributed by atoms with van der Waals surface area (Å²) in [5.74, 6) is -1.50. The Labute approximate surface area is 209 Å². The minimum Gasteiger partial charge on any atom is -0.431 e. The highest BCUT2D eigenvalue weighted by atomic mass is 32.1. The molecule has 0 aliphatic heterocycles. The Kier molecular flexibility index (Phi) is 10.00. The summed E-state index contributed by atoms with van der Waals surface area (Å²) in [6, 6.07) is 12.8.